The lowest BCUT2D eigenvalue weighted by atomic mass is 10.5. The van der Waals surface area contributed by atoms with Crippen LogP contribution in [0.5, 0.6) is 0 Å². The van der Waals surface area contributed by atoms with Crippen molar-refractivity contribution in [2.24, 2.45) is 0 Å². The van der Waals surface area contributed by atoms with Crippen molar-refractivity contribution in [3.8, 4) is 0 Å². The highest BCUT2D eigenvalue weighted by molar-refractivity contribution is 8.06. The monoisotopic (exact) mass is 260 g/mol. The first-order valence-electron chi connectivity index (χ1n) is 3.87. The van der Waals surface area contributed by atoms with Crippen molar-refractivity contribution < 1.29 is 0 Å². The minimum atomic E-state index is 0.198. The third kappa shape index (κ3) is 8.35. The van der Waals surface area contributed by atoms with E-state index < -0.39 is 0 Å². The van der Waals surface area contributed by atoms with Crippen molar-refractivity contribution in [2.45, 2.75) is 16.8 Å². The number of hydrogen-bond acceptors (Lipinski definition) is 5. The van der Waals surface area contributed by atoms with Gasteiger partial charge in [0.2, 0.25) is 0 Å². The van der Waals surface area contributed by atoms with Gasteiger partial charge in [0.05, 0.1) is 4.58 Å². The topological polar surface area (TPSA) is 0 Å². The van der Waals surface area contributed by atoms with Crippen molar-refractivity contribution in [3.05, 3.63) is 0 Å². The summed E-state index contributed by atoms with van der Waals surface area (Å²) in [6.07, 6.45) is 0. The molecule has 0 aliphatic rings. The highest BCUT2D eigenvalue weighted by Gasteiger charge is 2.07. The third-order valence-corrected chi connectivity index (χ3v) is 5.33. The number of thioether (sulfide) groups is 2. The molecule has 1 unspecified atom stereocenters. The van der Waals surface area contributed by atoms with Crippen molar-refractivity contribution in [2.75, 3.05) is 23.0 Å². The smallest absolute Gasteiger partial charge is 0.0532 e. The molecule has 0 bridgehead atoms. The Morgan fingerprint density at radius 3 is 2.33 bits per heavy atom. The van der Waals surface area contributed by atoms with E-state index in [-0.39, 0.29) is 4.58 Å². The minimum absolute atomic E-state index is 0.198. The summed E-state index contributed by atoms with van der Waals surface area (Å²) in [6, 6.07) is 0. The molecule has 0 aromatic rings. The molecule has 74 valence electrons. The average molecular weight is 261 g/mol. The van der Waals surface area contributed by atoms with Gasteiger partial charge in [-0.15, -0.1) is 0 Å². The Hall–Kier alpha value is 1.75. The summed E-state index contributed by atoms with van der Waals surface area (Å²) in [5, 5.41) is 0.653. The summed E-state index contributed by atoms with van der Waals surface area (Å²) in [4.78, 5) is 0. The first kappa shape index (κ1) is 13.8. The zero-order valence-electron chi connectivity index (χ0n) is 7.14. The van der Waals surface area contributed by atoms with Crippen LogP contribution < -0.4 is 0 Å². The summed E-state index contributed by atoms with van der Waals surface area (Å²) < 4.78 is 0.198. The van der Waals surface area contributed by atoms with E-state index in [1.807, 2.05) is 23.5 Å². The van der Waals surface area contributed by atoms with Gasteiger partial charge < -0.3 is 0 Å². The van der Waals surface area contributed by atoms with Gasteiger partial charge in [0.1, 0.15) is 0 Å². The fraction of sp³-hybridized carbons (Fsp3) is 1.00. The third-order valence-electron chi connectivity index (χ3n) is 1.19. The van der Waals surface area contributed by atoms with E-state index in [9.17, 15) is 0 Å². The second kappa shape index (κ2) is 9.31. The second-order valence-corrected chi connectivity index (χ2v) is 6.95. The molecule has 0 aliphatic carbocycles. The zero-order chi connectivity index (χ0) is 9.40. The minimum Gasteiger partial charge on any atom is -0.178 e. The summed E-state index contributed by atoms with van der Waals surface area (Å²) >= 11 is 16.6. The van der Waals surface area contributed by atoms with Crippen LogP contribution in [0.2, 0.25) is 0 Å². The normalized spacial score (nSPS) is 13.8. The predicted octanol–water partition coefficient (Wildman–Crippen LogP) is 2.96. The fourth-order valence-corrected chi connectivity index (χ4v) is 3.60. The van der Waals surface area contributed by atoms with Gasteiger partial charge in [-0.05, 0) is 5.75 Å². The lowest BCUT2D eigenvalue weighted by Gasteiger charge is -2.13. The molecule has 0 radical (unpaired) electrons. The van der Waals surface area contributed by atoms with Crippen LogP contribution in [-0.4, -0.2) is 32.8 Å². The molecule has 0 saturated carbocycles. The van der Waals surface area contributed by atoms with Crippen molar-refractivity contribution in [3.63, 3.8) is 0 Å². The maximum atomic E-state index is 4.31. The van der Waals surface area contributed by atoms with Gasteiger partial charge in [-0.2, -0.15) is 61.4 Å². The van der Waals surface area contributed by atoms with Crippen LogP contribution in [0.1, 0.15) is 6.92 Å². The molecular weight excluding hydrogens is 244 g/mol. The average Bonchev–Trinajstić information content (AvgIpc) is 2.05. The lowest BCUT2D eigenvalue weighted by Crippen LogP contribution is -2.11. The first-order chi connectivity index (χ1) is 5.70. The molecule has 0 nitrogen and oxygen atoms in total. The van der Waals surface area contributed by atoms with Gasteiger partial charge in [0, 0.05) is 22.5 Å². The van der Waals surface area contributed by atoms with Crippen LogP contribution in [-0.2, 0) is 0 Å². The number of hydrogen-bond donors (Lipinski definition) is 3. The lowest BCUT2D eigenvalue weighted by molar-refractivity contribution is 1.15. The highest BCUT2D eigenvalue weighted by atomic mass is 32.2. The molecule has 12 heavy (non-hydrogen) atoms. The number of rotatable bonds is 7. The molecule has 0 fully saturated rings. The summed E-state index contributed by atoms with van der Waals surface area (Å²) in [5.74, 6) is 4.34. The Morgan fingerprint density at radius 1 is 1.25 bits per heavy atom. The summed E-state index contributed by atoms with van der Waals surface area (Å²) in [7, 11) is 0. The van der Waals surface area contributed by atoms with Gasteiger partial charge in [0.15, 0.2) is 0 Å². The second-order valence-electron chi connectivity index (χ2n) is 2.28. The van der Waals surface area contributed by atoms with Crippen LogP contribution in [0.4, 0.5) is 0 Å². The SMILES string of the molecule is CCSCC(CS)SCC(S)S. The standard InChI is InChI=1S/C7H16S5/c1-2-11-4-6(3-8)12-5-7(9)10/h6-10H,2-5H2,1H3. The van der Waals surface area contributed by atoms with Crippen LogP contribution in [0.25, 0.3) is 0 Å². The van der Waals surface area contributed by atoms with Crippen LogP contribution >= 0.6 is 61.4 Å². The van der Waals surface area contributed by atoms with Crippen molar-refractivity contribution in [1.29, 1.82) is 0 Å². The van der Waals surface area contributed by atoms with Gasteiger partial charge in [-0.1, -0.05) is 6.92 Å². The van der Waals surface area contributed by atoms with Crippen LogP contribution in [0, 0.1) is 0 Å². The van der Waals surface area contributed by atoms with Crippen molar-refractivity contribution in [1.82, 2.24) is 0 Å². The Labute approximate surface area is 101 Å². The van der Waals surface area contributed by atoms with Crippen LogP contribution in [0.3, 0.4) is 0 Å². The zero-order valence-corrected chi connectivity index (χ0v) is 11.5. The Balaban J connectivity index is 3.39. The summed E-state index contributed by atoms with van der Waals surface area (Å²) in [6.45, 7) is 2.19. The molecule has 0 heterocycles. The Morgan fingerprint density at radius 2 is 1.92 bits per heavy atom. The first-order valence-corrected chi connectivity index (χ1v) is 7.73. The van der Waals surface area contributed by atoms with Gasteiger partial charge in [0.25, 0.3) is 0 Å². The van der Waals surface area contributed by atoms with E-state index in [4.69, 9.17) is 0 Å². The highest BCUT2D eigenvalue weighted by Crippen LogP contribution is 2.20. The van der Waals surface area contributed by atoms with Gasteiger partial charge in [-0.3, -0.25) is 0 Å². The van der Waals surface area contributed by atoms with E-state index in [1.54, 1.807) is 0 Å². The molecule has 0 amide bonds. The van der Waals surface area contributed by atoms with E-state index in [1.165, 1.54) is 11.5 Å². The maximum absolute atomic E-state index is 4.31. The molecule has 5 heteroatoms. The predicted molar refractivity (Wildman–Crippen MR) is 74.9 cm³/mol. The van der Waals surface area contributed by atoms with E-state index in [0.717, 1.165) is 11.5 Å². The Kier molecular flexibility index (Phi) is 10.7. The molecule has 0 spiro atoms. The van der Waals surface area contributed by atoms with E-state index >= 15 is 0 Å². The van der Waals surface area contributed by atoms with Gasteiger partial charge >= 0.3 is 0 Å². The van der Waals surface area contributed by atoms with Gasteiger partial charge in [-0.25, -0.2) is 0 Å². The molecule has 0 aliphatic heterocycles. The van der Waals surface area contributed by atoms with Crippen molar-refractivity contribution >= 4 is 61.4 Å². The largest absolute Gasteiger partial charge is 0.178 e. The quantitative estimate of drug-likeness (QED) is 0.476. The number of thiol groups is 3. The molecule has 0 aromatic carbocycles. The fourth-order valence-electron chi connectivity index (χ4n) is 0.625. The molecule has 0 rings (SSSR count). The van der Waals surface area contributed by atoms with Crippen LogP contribution in [0.15, 0.2) is 0 Å². The maximum Gasteiger partial charge on any atom is 0.0532 e. The summed E-state index contributed by atoms with van der Waals surface area (Å²) in [5.41, 5.74) is 0. The molecular formula is C7H16S5. The Bertz CT molecular complexity index is 95.8. The molecule has 0 N–H and O–H groups in total. The molecule has 0 saturated heterocycles. The molecule has 1 atom stereocenters. The molecule has 0 aromatic heterocycles. The van der Waals surface area contributed by atoms with E-state index in [2.05, 4.69) is 44.8 Å². The van der Waals surface area contributed by atoms with E-state index in [0.29, 0.717) is 5.25 Å².